The van der Waals surface area contributed by atoms with Gasteiger partial charge in [-0.1, -0.05) is 119 Å². The van der Waals surface area contributed by atoms with E-state index in [-0.39, 0.29) is 57.4 Å². The summed E-state index contributed by atoms with van der Waals surface area (Å²) in [5, 5.41) is 30.5. The van der Waals surface area contributed by atoms with Crippen molar-refractivity contribution in [1.29, 1.82) is 15.8 Å². The molecule has 472 valence electrons. The van der Waals surface area contributed by atoms with Crippen LogP contribution in [-0.4, -0.2) is 88.6 Å². The van der Waals surface area contributed by atoms with Gasteiger partial charge in [-0.2, -0.15) is 24.2 Å². The molecule has 0 aliphatic heterocycles. The summed E-state index contributed by atoms with van der Waals surface area (Å²) in [5.74, 6) is -5.92. The van der Waals surface area contributed by atoms with E-state index in [4.69, 9.17) is 123 Å². The van der Waals surface area contributed by atoms with Gasteiger partial charge in [0.1, 0.15) is 22.7 Å². The fourth-order valence-corrected chi connectivity index (χ4v) is 12.9. The molecule has 0 radical (unpaired) electrons. The molecule has 13 N–H and O–H groups in total. The van der Waals surface area contributed by atoms with Crippen LogP contribution in [0.2, 0.25) is 30.1 Å². The van der Waals surface area contributed by atoms with Gasteiger partial charge in [0.05, 0.1) is 91.4 Å². The number of amides is 3. The van der Waals surface area contributed by atoms with Gasteiger partial charge in [-0.05, 0) is 91.4 Å². The van der Waals surface area contributed by atoms with E-state index in [9.17, 15) is 56.6 Å². The van der Waals surface area contributed by atoms with Crippen LogP contribution in [0, 0.1) is 88.5 Å². The Bertz CT molecular complexity index is 3380. The summed E-state index contributed by atoms with van der Waals surface area (Å²) >= 11 is 35.3. The normalized spacial score (nSPS) is 31.7. The Morgan fingerprint density at radius 2 is 0.852 bits per heavy atom. The van der Waals surface area contributed by atoms with Gasteiger partial charge >= 0.3 is 5.97 Å². The number of primary amides is 3. The minimum atomic E-state index is -4.02. The number of carbonyl (C=O) groups excluding carboxylic acids is 4. The molecule has 4 aromatic carbocycles. The van der Waals surface area contributed by atoms with Crippen LogP contribution in [-0.2, 0) is 68.1 Å². The molecule has 0 heterocycles. The van der Waals surface area contributed by atoms with Gasteiger partial charge in [0.2, 0.25) is 0 Å². The summed E-state index contributed by atoms with van der Waals surface area (Å²) in [6.45, 7) is 5.20. The largest absolute Gasteiger partial charge is 0.372 e. The zero-order chi connectivity index (χ0) is 65.2. The number of nitrogens with zero attached hydrogens (tertiary/aromatic N) is 3. The van der Waals surface area contributed by atoms with Crippen LogP contribution in [0.4, 0.5) is 13.2 Å². The minimum Gasteiger partial charge on any atom is -0.372 e. The third-order valence-corrected chi connectivity index (χ3v) is 19.1. The van der Waals surface area contributed by atoms with E-state index < -0.39 is 115 Å². The highest BCUT2D eigenvalue weighted by Gasteiger charge is 2.84. The molecule has 6 fully saturated rings. The number of esters is 1. The van der Waals surface area contributed by atoms with Crippen molar-refractivity contribution >= 4 is 103 Å². The molecule has 4 aromatic rings. The summed E-state index contributed by atoms with van der Waals surface area (Å²) in [6, 6.07) is 26.7. The monoisotopic (exact) mass is 1360 g/mol. The molecule has 30 heteroatoms. The molecule has 6 saturated carbocycles. The number of hydrogen-bond acceptors (Lipinski definition) is 16. The average molecular weight is 1360 g/mol. The van der Waals surface area contributed by atoms with E-state index in [1.54, 1.807) is 73.7 Å². The zero-order valence-corrected chi connectivity index (χ0v) is 51.4. The Morgan fingerprint density at radius 3 is 1.06 bits per heavy atom. The van der Waals surface area contributed by atoms with Crippen LogP contribution in [0.15, 0.2) is 83.8 Å². The maximum absolute atomic E-state index is 14.5. The van der Waals surface area contributed by atoms with Gasteiger partial charge in [-0.25, -0.2) is 13.2 Å². The molecule has 10 rings (SSSR count). The first-order valence-electron chi connectivity index (χ1n) is 25.9. The number of aryl methyl sites for hydroxylation is 1. The third kappa shape index (κ3) is 14.6. The summed E-state index contributed by atoms with van der Waals surface area (Å²) < 4.78 is 94.2. The fourth-order valence-electron chi connectivity index (χ4n) is 11.5. The van der Waals surface area contributed by atoms with E-state index in [1.165, 1.54) is 19.1 Å². The van der Waals surface area contributed by atoms with Crippen LogP contribution in [0.3, 0.4) is 0 Å². The smallest absolute Gasteiger partial charge is 0.316 e. The third-order valence-electron chi connectivity index (χ3n) is 16.0. The average Bonchev–Trinajstić information content (AvgIpc) is 1.53. The molecule has 0 spiro atoms. The van der Waals surface area contributed by atoms with E-state index in [1.807, 2.05) is 25.1 Å². The molecule has 0 unspecified atom stereocenters. The number of halogens is 9. The Kier molecular flexibility index (Phi) is 23.2. The Hall–Kier alpha value is -6.01. The van der Waals surface area contributed by atoms with Crippen LogP contribution in [0.5, 0.6) is 0 Å². The van der Waals surface area contributed by atoms with Crippen molar-refractivity contribution in [2.45, 2.75) is 124 Å². The fraction of sp³-hybridized carbons (Fsp3) is 0.431. The van der Waals surface area contributed by atoms with Gasteiger partial charge in [0.15, 0.2) is 17.0 Å². The number of benzene rings is 4. The van der Waals surface area contributed by atoms with Crippen molar-refractivity contribution in [3.05, 3.63) is 131 Å². The number of ether oxygens (including phenoxy) is 4. The second-order valence-electron chi connectivity index (χ2n) is 21.4. The highest BCUT2D eigenvalue weighted by molar-refractivity contribution is 7.85. The molecular formula is C58H60Cl6F3N9O11S. The highest BCUT2D eigenvalue weighted by Crippen LogP contribution is 2.69. The van der Waals surface area contributed by atoms with Crippen molar-refractivity contribution in [2.75, 3.05) is 0 Å². The number of rotatable bonds is 13. The molecule has 15 atom stereocenters. The molecule has 3 amide bonds. The maximum Gasteiger partial charge on any atom is 0.316 e. The van der Waals surface area contributed by atoms with E-state index in [0.717, 1.165) is 22.3 Å². The standard InChI is InChI=1S/3C15H14Cl2FN3O2.C7H8O3S.C5H6O2.CH4/c3*16-9-2-1-7(3-10(9)17)5-23-11-4-8-12(14(11,21)6-19)15(8,18)13(20)22;1-6-2-4-7(5-3-6)11(8,9)10;1-3-4-7-5(2)6;/h3*1-3,8,11-12H,4-5,21H2,(H2,20,22);2-5H,1H3,(H,8,9,10);1-2H3;1H4/t2*8-,11-,12-,14+,15-;8-,11-,12-,14-,15-;;;/m111.../s1. The number of nitriles is 3. The number of alkyl halides is 3. The Morgan fingerprint density at radius 1 is 0.568 bits per heavy atom. The molecule has 6 aliphatic rings. The van der Waals surface area contributed by atoms with Gasteiger partial charge in [0, 0.05) is 49.4 Å². The quantitative estimate of drug-likeness (QED) is 0.0376. The first kappa shape index (κ1) is 72.7. The van der Waals surface area contributed by atoms with Gasteiger partial charge in [0.25, 0.3) is 27.8 Å². The predicted octanol–water partition coefficient (Wildman–Crippen LogP) is 8.24. The molecule has 88 heavy (non-hydrogen) atoms. The first-order valence-corrected chi connectivity index (χ1v) is 29.6. The van der Waals surface area contributed by atoms with Crippen molar-refractivity contribution < 1.29 is 64.3 Å². The van der Waals surface area contributed by atoms with E-state index >= 15 is 0 Å². The van der Waals surface area contributed by atoms with E-state index in [0.29, 0.717) is 30.1 Å². The van der Waals surface area contributed by atoms with Crippen molar-refractivity contribution in [3.8, 4) is 30.2 Å². The van der Waals surface area contributed by atoms with Crippen LogP contribution in [0.25, 0.3) is 0 Å². The lowest BCUT2D eigenvalue weighted by atomic mass is 9.89. The number of hydrogen-bond donors (Lipinski definition) is 7. The van der Waals surface area contributed by atoms with Gasteiger partial charge in [-0.15, -0.1) is 0 Å². The molecule has 6 aliphatic carbocycles. The van der Waals surface area contributed by atoms with Crippen molar-refractivity contribution in [1.82, 2.24) is 0 Å². The zero-order valence-electron chi connectivity index (χ0n) is 46.1. The minimum absolute atomic E-state index is 0. The second kappa shape index (κ2) is 28.0. The second-order valence-corrected chi connectivity index (χ2v) is 25.2. The number of fused-ring (bicyclic) bond motifs is 3. The highest BCUT2D eigenvalue weighted by atomic mass is 35.5. The van der Waals surface area contributed by atoms with Crippen molar-refractivity contribution in [3.63, 3.8) is 0 Å². The maximum atomic E-state index is 14.5. The first-order chi connectivity index (χ1) is 40.5. The van der Waals surface area contributed by atoms with Crippen LogP contribution in [0.1, 0.15) is 62.8 Å². The molecular weight excluding hydrogens is 1300 g/mol. The lowest BCUT2D eigenvalue weighted by Gasteiger charge is -2.29. The van der Waals surface area contributed by atoms with Gasteiger partial charge in [-0.3, -0.25) is 23.7 Å². The van der Waals surface area contributed by atoms with E-state index in [2.05, 4.69) is 16.8 Å². The Balaban J connectivity index is 0.000000210. The predicted molar refractivity (Wildman–Crippen MR) is 320 cm³/mol. The SMILES string of the molecule is C.CC#COC(C)=O.Cc1ccc(S(=O)(=O)O)cc1.N#C[C@@]1(N)[C@H]2[C@@H](C[C@H]1OCc1ccc(Cl)c(Cl)c1)[C@]2(F)C(N)=O.N#C[C@@]1(N)[C@H]2[C@@H](C[C@H]1OCc1ccc(Cl)c(Cl)c1)[C@]2(F)C(N)=O.N#C[C@]1(N)[C@H]2[C@@H](C[C@H]1OCc1ccc(Cl)c(Cl)c1)[C@]2(F)C(N)=O. The molecule has 0 saturated heterocycles. The molecule has 20 nitrogen and oxygen atoms in total. The lowest BCUT2D eigenvalue weighted by Crippen LogP contribution is -2.54. The molecule has 0 bridgehead atoms. The number of nitrogens with two attached hydrogens (primary N) is 6. The summed E-state index contributed by atoms with van der Waals surface area (Å²) in [6.07, 6.45) is 0.635. The summed E-state index contributed by atoms with van der Waals surface area (Å²) in [7, 11) is -4.02. The van der Waals surface area contributed by atoms with Crippen molar-refractivity contribution in [2.24, 2.45) is 69.9 Å². The summed E-state index contributed by atoms with van der Waals surface area (Å²) in [4.78, 5) is 43.6. The lowest BCUT2D eigenvalue weighted by molar-refractivity contribution is -0.134. The van der Waals surface area contributed by atoms with Crippen LogP contribution < -0.4 is 34.4 Å². The number of carbonyl (C=O) groups is 4. The van der Waals surface area contributed by atoms with Crippen LogP contribution >= 0.6 is 69.6 Å². The topological polar surface area (TPSA) is 387 Å². The van der Waals surface area contributed by atoms with Gasteiger partial charge < -0.3 is 53.3 Å². The summed E-state index contributed by atoms with van der Waals surface area (Å²) in [5.41, 5.74) is 25.3. The molecule has 0 aromatic heterocycles. The Labute approximate surface area is 535 Å².